The van der Waals surface area contributed by atoms with Crippen LogP contribution in [0.3, 0.4) is 0 Å². The third-order valence-electron chi connectivity index (χ3n) is 1.18. The summed E-state index contributed by atoms with van der Waals surface area (Å²) >= 11 is 1.55. The van der Waals surface area contributed by atoms with Gasteiger partial charge in [-0.3, -0.25) is 4.79 Å². The Labute approximate surface area is 83.7 Å². The summed E-state index contributed by atoms with van der Waals surface area (Å²) in [7, 11) is 0. The zero-order chi connectivity index (χ0) is 10.1. The van der Waals surface area contributed by atoms with Crippen molar-refractivity contribution in [3.63, 3.8) is 0 Å². The monoisotopic (exact) mass is 201 g/mol. The number of ether oxygens (including phenoxy) is 1. The first-order valence-corrected chi connectivity index (χ1v) is 5.09. The van der Waals surface area contributed by atoms with Crippen LogP contribution in [0.4, 0.5) is 0 Å². The van der Waals surface area contributed by atoms with Crippen molar-refractivity contribution in [1.29, 1.82) is 0 Å². The van der Waals surface area contributed by atoms with E-state index in [1.54, 1.807) is 18.2 Å². The topological polar surface area (TPSA) is 52.3 Å². The van der Waals surface area contributed by atoms with E-state index < -0.39 is 6.04 Å². The van der Waals surface area contributed by atoms with Gasteiger partial charge in [0.2, 0.25) is 0 Å². The van der Waals surface area contributed by atoms with Crippen LogP contribution in [0.15, 0.2) is 12.7 Å². The van der Waals surface area contributed by atoms with Gasteiger partial charge in [0.05, 0.1) is 0 Å². The highest BCUT2D eigenvalue weighted by Gasteiger charge is 2.13. The Hall–Kier alpha value is -0.480. The molecule has 0 aliphatic carbocycles. The second-order valence-electron chi connectivity index (χ2n) is 2.35. The first-order chi connectivity index (χ1) is 6.22. The normalized spacial score (nSPS) is 12.2. The van der Waals surface area contributed by atoms with Gasteiger partial charge in [-0.05, 0) is 19.1 Å². The molecule has 2 radical (unpaired) electrons. The van der Waals surface area contributed by atoms with Crippen LogP contribution < -0.4 is 5.73 Å². The summed E-state index contributed by atoms with van der Waals surface area (Å²) in [4.78, 5) is 11.1. The van der Waals surface area contributed by atoms with Gasteiger partial charge in [0.25, 0.3) is 0 Å². The number of hydrogen-bond donors (Lipinski definition) is 1. The first kappa shape index (κ1) is 12.5. The molecule has 0 amide bonds. The van der Waals surface area contributed by atoms with E-state index >= 15 is 0 Å². The highest BCUT2D eigenvalue weighted by Crippen LogP contribution is 2.03. The fourth-order valence-electron chi connectivity index (χ4n) is 0.594. The largest absolute Gasteiger partial charge is 0.460 e. The maximum atomic E-state index is 11.1. The molecule has 0 heterocycles. The van der Waals surface area contributed by atoms with Crippen LogP contribution in [-0.2, 0) is 9.53 Å². The summed E-state index contributed by atoms with van der Waals surface area (Å²) in [6.45, 7) is 7.21. The van der Waals surface area contributed by atoms with Crippen LogP contribution in [0.1, 0.15) is 0 Å². The van der Waals surface area contributed by atoms with Crippen molar-refractivity contribution >= 4 is 17.7 Å². The predicted octanol–water partition coefficient (Wildman–Crippen LogP) is 0.814. The molecule has 0 aliphatic rings. The van der Waals surface area contributed by atoms with Crippen molar-refractivity contribution in [2.75, 3.05) is 18.1 Å². The summed E-state index contributed by atoms with van der Waals surface area (Å²) in [6, 6.07) is -0.551. The lowest BCUT2D eigenvalue weighted by molar-refractivity contribution is -0.143. The minimum absolute atomic E-state index is 0.221. The minimum atomic E-state index is -0.551. The Kier molecular flexibility index (Phi) is 7.83. The zero-order valence-electron chi connectivity index (χ0n) is 7.57. The van der Waals surface area contributed by atoms with Crippen molar-refractivity contribution in [3.05, 3.63) is 26.0 Å². The second kappa shape index (κ2) is 8.13. The van der Waals surface area contributed by atoms with Gasteiger partial charge in [-0.2, -0.15) is 11.8 Å². The van der Waals surface area contributed by atoms with Crippen molar-refractivity contribution in [1.82, 2.24) is 0 Å². The van der Waals surface area contributed by atoms with E-state index in [0.717, 1.165) is 5.75 Å². The van der Waals surface area contributed by atoms with Crippen LogP contribution in [0, 0.1) is 13.3 Å². The van der Waals surface area contributed by atoms with Gasteiger partial charge in [0.1, 0.15) is 12.6 Å². The molecule has 0 aromatic rings. The van der Waals surface area contributed by atoms with Crippen LogP contribution in [0.2, 0.25) is 0 Å². The molecule has 0 aliphatic heterocycles. The molecule has 0 saturated heterocycles. The van der Waals surface area contributed by atoms with Crippen molar-refractivity contribution in [3.8, 4) is 0 Å². The van der Waals surface area contributed by atoms with Gasteiger partial charge in [-0.1, -0.05) is 12.7 Å². The Morgan fingerprint density at radius 1 is 1.69 bits per heavy atom. The Balaban J connectivity index is 3.50. The quantitative estimate of drug-likeness (QED) is 0.376. The summed E-state index contributed by atoms with van der Waals surface area (Å²) in [5.74, 6) is 0.973. The smallest absolute Gasteiger partial charge is 0.324 e. The molecule has 2 N–H and O–H groups in total. The van der Waals surface area contributed by atoms with E-state index in [1.807, 2.05) is 0 Å². The van der Waals surface area contributed by atoms with E-state index in [4.69, 9.17) is 10.5 Å². The SMILES string of the molecule is [CH2][CH]CSC[C@H](N)C(=O)OCC=C. The van der Waals surface area contributed by atoms with Crippen molar-refractivity contribution in [2.45, 2.75) is 6.04 Å². The summed E-state index contributed by atoms with van der Waals surface area (Å²) in [6.07, 6.45) is 3.29. The fourth-order valence-corrected chi connectivity index (χ4v) is 1.29. The van der Waals surface area contributed by atoms with Gasteiger partial charge in [-0.25, -0.2) is 0 Å². The molecule has 0 unspecified atom stereocenters. The van der Waals surface area contributed by atoms with E-state index in [1.165, 1.54) is 6.08 Å². The summed E-state index contributed by atoms with van der Waals surface area (Å²) in [5.41, 5.74) is 5.53. The van der Waals surface area contributed by atoms with Gasteiger partial charge >= 0.3 is 5.97 Å². The number of carbonyl (C=O) groups is 1. The Morgan fingerprint density at radius 2 is 2.38 bits per heavy atom. The molecule has 0 saturated carbocycles. The zero-order valence-corrected chi connectivity index (χ0v) is 8.39. The average molecular weight is 201 g/mol. The third-order valence-corrected chi connectivity index (χ3v) is 2.25. The molecule has 0 fully saturated rings. The standard InChI is InChI=1S/C9H15NO2S/c1-3-5-12-9(11)8(10)7-13-6-4-2/h3-4,8H,1-2,5-7,10H2/t8-/m0/s1. The molecular formula is C9H15NO2S. The lowest BCUT2D eigenvalue weighted by atomic mass is 10.4. The Bertz CT molecular complexity index is 162. The van der Waals surface area contributed by atoms with E-state index in [9.17, 15) is 4.79 Å². The number of rotatable bonds is 7. The Morgan fingerprint density at radius 3 is 2.92 bits per heavy atom. The van der Waals surface area contributed by atoms with E-state index in [-0.39, 0.29) is 12.6 Å². The molecule has 0 rings (SSSR count). The molecule has 0 aromatic carbocycles. The number of carbonyl (C=O) groups excluding carboxylic acids is 1. The van der Waals surface area contributed by atoms with Gasteiger partial charge in [0.15, 0.2) is 0 Å². The van der Waals surface area contributed by atoms with E-state index in [0.29, 0.717) is 5.75 Å². The second-order valence-corrected chi connectivity index (χ2v) is 3.43. The minimum Gasteiger partial charge on any atom is -0.460 e. The molecule has 1 atom stereocenters. The molecular weight excluding hydrogens is 186 g/mol. The van der Waals surface area contributed by atoms with Crippen molar-refractivity contribution < 1.29 is 9.53 Å². The van der Waals surface area contributed by atoms with Crippen LogP contribution in [-0.4, -0.2) is 30.1 Å². The summed E-state index contributed by atoms with van der Waals surface area (Å²) < 4.78 is 4.76. The maximum Gasteiger partial charge on any atom is 0.324 e. The summed E-state index contributed by atoms with van der Waals surface area (Å²) in [5, 5.41) is 0. The molecule has 0 aromatic heterocycles. The lowest BCUT2D eigenvalue weighted by Crippen LogP contribution is -2.34. The number of hydrogen-bond acceptors (Lipinski definition) is 4. The molecule has 0 bridgehead atoms. The highest BCUT2D eigenvalue weighted by atomic mass is 32.2. The molecule has 3 nitrogen and oxygen atoms in total. The molecule has 74 valence electrons. The highest BCUT2D eigenvalue weighted by molar-refractivity contribution is 7.99. The van der Waals surface area contributed by atoms with Gasteiger partial charge in [-0.15, -0.1) is 0 Å². The van der Waals surface area contributed by atoms with Crippen LogP contribution in [0.5, 0.6) is 0 Å². The van der Waals surface area contributed by atoms with Gasteiger partial charge in [0, 0.05) is 5.75 Å². The molecule has 4 heteroatoms. The van der Waals surface area contributed by atoms with Crippen LogP contribution in [0.25, 0.3) is 0 Å². The first-order valence-electron chi connectivity index (χ1n) is 3.94. The number of esters is 1. The van der Waals surface area contributed by atoms with E-state index in [2.05, 4.69) is 13.5 Å². The third kappa shape index (κ3) is 6.66. The average Bonchev–Trinajstić information content (AvgIpc) is 2.14. The molecule has 0 spiro atoms. The lowest BCUT2D eigenvalue weighted by Gasteiger charge is -2.09. The van der Waals surface area contributed by atoms with Gasteiger partial charge < -0.3 is 10.5 Å². The molecule has 13 heavy (non-hydrogen) atoms. The van der Waals surface area contributed by atoms with Crippen LogP contribution >= 0.6 is 11.8 Å². The fraction of sp³-hybridized carbons (Fsp3) is 0.444. The predicted molar refractivity (Wildman–Crippen MR) is 56.1 cm³/mol. The maximum absolute atomic E-state index is 11.1. The number of nitrogens with two attached hydrogens (primary N) is 1. The van der Waals surface area contributed by atoms with Crippen molar-refractivity contribution in [2.24, 2.45) is 5.73 Å². The number of thioether (sulfide) groups is 1.